The van der Waals surface area contributed by atoms with Gasteiger partial charge in [0.05, 0.1) is 4.70 Å². The van der Waals surface area contributed by atoms with E-state index in [2.05, 4.69) is 10.3 Å². The molecule has 0 radical (unpaired) electrons. The average Bonchev–Trinajstić information content (AvgIpc) is 3.35. The Balaban J connectivity index is 1.58. The highest BCUT2D eigenvalue weighted by Crippen LogP contribution is 2.31. The number of carbonyl (C=O) groups excluding carboxylic acids is 1. The van der Waals surface area contributed by atoms with Crippen LogP contribution in [0.15, 0.2) is 39.9 Å². The lowest BCUT2D eigenvalue weighted by atomic mass is 10.2. The van der Waals surface area contributed by atoms with Gasteiger partial charge in [-0.2, -0.15) is 4.31 Å². The highest BCUT2D eigenvalue weighted by atomic mass is 32.2. The van der Waals surface area contributed by atoms with Crippen molar-refractivity contribution in [3.63, 3.8) is 0 Å². The van der Waals surface area contributed by atoms with Crippen LogP contribution in [0.2, 0.25) is 0 Å². The van der Waals surface area contributed by atoms with Crippen molar-refractivity contribution in [1.29, 1.82) is 0 Å². The fourth-order valence-electron chi connectivity index (χ4n) is 2.97. The number of carbonyl (C=O) groups is 1. The van der Waals surface area contributed by atoms with Gasteiger partial charge in [0.25, 0.3) is 10.0 Å². The molecule has 0 saturated carbocycles. The maximum absolute atomic E-state index is 13.8. The van der Waals surface area contributed by atoms with Gasteiger partial charge >= 0.3 is 0 Å². The lowest BCUT2D eigenvalue weighted by Gasteiger charge is -2.22. The minimum absolute atomic E-state index is 0.197. The predicted octanol–water partition coefficient (Wildman–Crippen LogP) is 3.29. The summed E-state index contributed by atoms with van der Waals surface area (Å²) >= 11 is 2.28. The summed E-state index contributed by atoms with van der Waals surface area (Å²) in [6.45, 7) is 0.298. The van der Waals surface area contributed by atoms with Gasteiger partial charge in [-0.3, -0.25) is 4.79 Å². The summed E-state index contributed by atoms with van der Waals surface area (Å²) in [4.78, 5) is 16.8. The number of para-hydroxylation sites is 1. The van der Waals surface area contributed by atoms with E-state index in [0.717, 1.165) is 22.7 Å². The number of aromatic nitrogens is 1. The molecule has 1 fully saturated rings. The maximum atomic E-state index is 13.8. The Labute approximate surface area is 157 Å². The molecule has 1 saturated heterocycles. The average molecular weight is 412 g/mol. The predicted molar refractivity (Wildman–Crippen MR) is 99.4 cm³/mol. The Morgan fingerprint density at radius 2 is 2.15 bits per heavy atom. The standard InChI is InChI=1S/C16H14FN3O3S3/c17-10-4-1-6-12-14(10)18-16(25-12)19-15(21)11-5-2-8-20(11)26(22,23)13-7-3-9-24-13/h1,3-4,6-7,9,11H,2,5,8H2,(H,18,19,21)/t11-/m0/s1. The van der Waals surface area contributed by atoms with Gasteiger partial charge in [-0.25, -0.2) is 17.8 Å². The van der Waals surface area contributed by atoms with E-state index >= 15 is 0 Å². The molecule has 2 aromatic heterocycles. The minimum atomic E-state index is -3.70. The molecular weight excluding hydrogens is 397 g/mol. The monoisotopic (exact) mass is 411 g/mol. The molecule has 6 nitrogen and oxygen atoms in total. The number of thiazole rings is 1. The molecule has 26 heavy (non-hydrogen) atoms. The molecule has 10 heteroatoms. The summed E-state index contributed by atoms with van der Waals surface area (Å²) in [7, 11) is -3.70. The molecule has 1 aromatic carbocycles. The zero-order chi connectivity index (χ0) is 18.3. The second-order valence-corrected chi connectivity index (χ2v) is 9.90. The number of fused-ring (bicyclic) bond motifs is 1. The fourth-order valence-corrected chi connectivity index (χ4v) is 6.63. The first-order valence-electron chi connectivity index (χ1n) is 7.88. The van der Waals surface area contributed by atoms with Crippen LogP contribution >= 0.6 is 22.7 Å². The van der Waals surface area contributed by atoms with E-state index in [1.165, 1.54) is 16.4 Å². The van der Waals surface area contributed by atoms with Gasteiger partial charge in [0.15, 0.2) is 5.13 Å². The van der Waals surface area contributed by atoms with Crippen molar-refractivity contribution in [2.75, 3.05) is 11.9 Å². The quantitative estimate of drug-likeness (QED) is 0.715. The summed E-state index contributed by atoms with van der Waals surface area (Å²) in [5.74, 6) is -0.899. The second-order valence-electron chi connectivity index (χ2n) is 5.80. The van der Waals surface area contributed by atoms with Crippen LogP contribution in [0, 0.1) is 5.82 Å². The number of nitrogens with one attached hydrogen (secondary N) is 1. The molecule has 3 heterocycles. The number of hydrogen-bond acceptors (Lipinski definition) is 6. The summed E-state index contributed by atoms with van der Waals surface area (Å²) in [6.07, 6.45) is 1.05. The molecule has 1 N–H and O–H groups in total. The number of halogens is 1. The molecule has 0 bridgehead atoms. The first-order chi connectivity index (χ1) is 12.5. The number of thiophene rings is 1. The second kappa shape index (κ2) is 6.69. The maximum Gasteiger partial charge on any atom is 0.253 e. The highest BCUT2D eigenvalue weighted by molar-refractivity contribution is 7.91. The first-order valence-corrected chi connectivity index (χ1v) is 11.0. The zero-order valence-electron chi connectivity index (χ0n) is 13.4. The smallest absolute Gasteiger partial charge is 0.253 e. The molecule has 0 aliphatic carbocycles. The van der Waals surface area contributed by atoms with Crippen molar-refractivity contribution in [2.45, 2.75) is 23.1 Å². The van der Waals surface area contributed by atoms with E-state index in [0.29, 0.717) is 24.1 Å². The third kappa shape index (κ3) is 3.02. The molecule has 3 aromatic rings. The minimum Gasteiger partial charge on any atom is -0.301 e. The summed E-state index contributed by atoms with van der Waals surface area (Å²) in [5.41, 5.74) is 0.197. The van der Waals surface area contributed by atoms with Crippen LogP contribution in [0.25, 0.3) is 10.2 Å². The number of sulfonamides is 1. The Kier molecular flexibility index (Phi) is 4.51. The normalized spacial score (nSPS) is 18.4. The third-order valence-electron chi connectivity index (χ3n) is 4.16. The van der Waals surface area contributed by atoms with Crippen LogP contribution in [-0.4, -0.2) is 36.2 Å². The van der Waals surface area contributed by atoms with E-state index < -0.39 is 27.8 Å². The van der Waals surface area contributed by atoms with Crippen LogP contribution in [0.4, 0.5) is 9.52 Å². The van der Waals surface area contributed by atoms with Crippen molar-refractivity contribution in [1.82, 2.24) is 9.29 Å². The van der Waals surface area contributed by atoms with Gasteiger partial charge in [0, 0.05) is 6.54 Å². The lowest BCUT2D eigenvalue weighted by molar-refractivity contribution is -0.119. The van der Waals surface area contributed by atoms with Gasteiger partial charge in [-0.15, -0.1) is 11.3 Å². The topological polar surface area (TPSA) is 79.4 Å². The number of amides is 1. The molecule has 136 valence electrons. The summed E-state index contributed by atoms with van der Waals surface area (Å²) in [6, 6.07) is 7.00. The molecule has 4 rings (SSSR count). The third-order valence-corrected chi connectivity index (χ3v) is 8.38. The first kappa shape index (κ1) is 17.5. The number of hydrogen-bond donors (Lipinski definition) is 1. The van der Waals surface area contributed by atoms with Gasteiger partial charge in [-0.05, 0) is 36.4 Å². The van der Waals surface area contributed by atoms with Gasteiger partial charge in [0.2, 0.25) is 5.91 Å². The molecule has 1 aliphatic heterocycles. The van der Waals surface area contributed by atoms with Crippen molar-refractivity contribution in [3.8, 4) is 0 Å². The Morgan fingerprint density at radius 3 is 2.88 bits per heavy atom. The molecule has 0 spiro atoms. The van der Waals surface area contributed by atoms with Crippen LogP contribution in [0.1, 0.15) is 12.8 Å². The van der Waals surface area contributed by atoms with Crippen LogP contribution < -0.4 is 5.32 Å². The number of nitrogens with zero attached hydrogens (tertiary/aromatic N) is 2. The van der Waals surface area contributed by atoms with E-state index in [1.54, 1.807) is 23.6 Å². The van der Waals surface area contributed by atoms with E-state index in [1.807, 2.05) is 0 Å². The van der Waals surface area contributed by atoms with Crippen molar-refractivity contribution < 1.29 is 17.6 Å². The fraction of sp³-hybridized carbons (Fsp3) is 0.250. The van der Waals surface area contributed by atoms with Gasteiger partial charge in [0.1, 0.15) is 21.6 Å². The number of rotatable bonds is 4. The number of anilines is 1. The molecular formula is C16H14FN3O3S3. The number of benzene rings is 1. The molecule has 0 unspecified atom stereocenters. The van der Waals surface area contributed by atoms with E-state index in [9.17, 15) is 17.6 Å². The highest BCUT2D eigenvalue weighted by Gasteiger charge is 2.40. The van der Waals surface area contributed by atoms with Crippen molar-refractivity contribution in [3.05, 3.63) is 41.5 Å². The summed E-state index contributed by atoms with van der Waals surface area (Å²) in [5, 5.41) is 4.59. The van der Waals surface area contributed by atoms with E-state index in [-0.39, 0.29) is 14.9 Å². The largest absolute Gasteiger partial charge is 0.301 e. The lowest BCUT2D eigenvalue weighted by Crippen LogP contribution is -2.42. The van der Waals surface area contributed by atoms with Crippen molar-refractivity contribution in [2.24, 2.45) is 0 Å². The molecule has 1 amide bonds. The Hall–Kier alpha value is -1.88. The van der Waals surface area contributed by atoms with Crippen molar-refractivity contribution >= 4 is 54.0 Å². The van der Waals surface area contributed by atoms with Gasteiger partial charge < -0.3 is 5.32 Å². The Bertz CT molecular complexity index is 1060. The van der Waals surface area contributed by atoms with Crippen LogP contribution in [0.5, 0.6) is 0 Å². The van der Waals surface area contributed by atoms with Gasteiger partial charge in [-0.1, -0.05) is 23.5 Å². The van der Waals surface area contributed by atoms with E-state index in [4.69, 9.17) is 0 Å². The summed E-state index contributed by atoms with van der Waals surface area (Å²) < 4.78 is 41.3. The van der Waals surface area contributed by atoms with Crippen LogP contribution in [-0.2, 0) is 14.8 Å². The van der Waals surface area contributed by atoms with Crippen LogP contribution in [0.3, 0.4) is 0 Å². The molecule has 1 atom stereocenters. The SMILES string of the molecule is O=C(Nc1nc2c(F)cccc2s1)[C@@H]1CCCN1S(=O)(=O)c1cccs1. The zero-order valence-corrected chi connectivity index (χ0v) is 15.8. The Morgan fingerprint density at radius 1 is 1.31 bits per heavy atom. The molecule has 1 aliphatic rings.